The number of aromatic nitrogens is 1. The van der Waals surface area contributed by atoms with Crippen LogP contribution in [0.1, 0.15) is 12.8 Å². The maximum Gasteiger partial charge on any atom is 0.248 e. The van der Waals surface area contributed by atoms with Crippen molar-refractivity contribution in [2.75, 3.05) is 18.1 Å². The van der Waals surface area contributed by atoms with Crippen LogP contribution >= 0.6 is 0 Å². The maximum atomic E-state index is 12.1. The van der Waals surface area contributed by atoms with Gasteiger partial charge in [-0.15, -0.1) is 0 Å². The van der Waals surface area contributed by atoms with Gasteiger partial charge in [-0.3, -0.25) is 14.6 Å². The van der Waals surface area contributed by atoms with Gasteiger partial charge in [-0.1, -0.05) is 0 Å². The van der Waals surface area contributed by atoms with Crippen molar-refractivity contribution in [1.29, 1.82) is 0 Å². The molecular weight excluding hydrogens is 246 g/mol. The minimum absolute atomic E-state index is 0.00667. The molecule has 3 heterocycles. The second-order valence-electron chi connectivity index (χ2n) is 4.85. The van der Waals surface area contributed by atoms with E-state index in [0.717, 1.165) is 12.1 Å². The lowest BCUT2D eigenvalue weighted by molar-refractivity contribution is -0.135. The van der Waals surface area contributed by atoms with Crippen LogP contribution in [0.5, 0.6) is 0 Å². The number of anilines is 1. The Morgan fingerprint density at radius 2 is 2.32 bits per heavy atom. The van der Waals surface area contributed by atoms with Crippen LogP contribution in [-0.2, 0) is 9.59 Å². The number of hydrogen-bond acceptors (Lipinski definition) is 4. The maximum absolute atomic E-state index is 12.1. The molecule has 0 bridgehead atoms. The largest absolute Gasteiger partial charge is 0.387 e. The number of rotatable bonds is 2. The van der Waals surface area contributed by atoms with Crippen LogP contribution < -0.4 is 4.90 Å². The van der Waals surface area contributed by atoms with Crippen molar-refractivity contribution >= 4 is 17.5 Å². The lowest BCUT2D eigenvalue weighted by Crippen LogP contribution is -2.41. The highest BCUT2D eigenvalue weighted by Gasteiger charge is 2.48. The van der Waals surface area contributed by atoms with Gasteiger partial charge in [0.2, 0.25) is 11.8 Å². The molecule has 1 aromatic heterocycles. The third kappa shape index (κ3) is 1.88. The Bertz CT molecular complexity index is 505. The molecule has 1 aromatic rings. The molecule has 2 saturated heterocycles. The smallest absolute Gasteiger partial charge is 0.248 e. The minimum atomic E-state index is -0.496. The van der Waals surface area contributed by atoms with Crippen molar-refractivity contribution in [2.24, 2.45) is 0 Å². The molecule has 0 spiro atoms. The summed E-state index contributed by atoms with van der Waals surface area (Å²) in [6.45, 7) is 0.100. The molecule has 3 rings (SSSR count). The van der Waals surface area contributed by atoms with Gasteiger partial charge in [-0.2, -0.15) is 0 Å². The van der Waals surface area contributed by atoms with E-state index in [9.17, 15) is 9.59 Å². The first kappa shape index (κ1) is 12.1. The van der Waals surface area contributed by atoms with Crippen LogP contribution in [0.2, 0.25) is 0 Å². The number of carbonyl (C=O) groups excluding carboxylic acids is 2. The van der Waals surface area contributed by atoms with E-state index < -0.39 is 6.61 Å². The van der Waals surface area contributed by atoms with Crippen molar-refractivity contribution < 1.29 is 14.7 Å². The first-order chi connectivity index (χ1) is 9.22. The zero-order valence-electron chi connectivity index (χ0n) is 10.4. The van der Waals surface area contributed by atoms with Gasteiger partial charge >= 0.3 is 0 Å². The second kappa shape index (κ2) is 4.62. The van der Waals surface area contributed by atoms with Crippen LogP contribution in [0.15, 0.2) is 24.5 Å². The predicted molar refractivity (Wildman–Crippen MR) is 67.3 cm³/mol. The summed E-state index contributed by atoms with van der Waals surface area (Å²) < 4.78 is 0. The zero-order chi connectivity index (χ0) is 13.4. The average molecular weight is 261 g/mol. The third-order valence-electron chi connectivity index (χ3n) is 3.87. The number of nitrogens with zero attached hydrogens (tertiary/aromatic N) is 3. The molecule has 2 aliphatic heterocycles. The Labute approximate surface area is 110 Å². The molecule has 0 aliphatic carbocycles. The summed E-state index contributed by atoms with van der Waals surface area (Å²) in [5.74, 6) is -0.285. The van der Waals surface area contributed by atoms with Gasteiger partial charge in [-0.05, 0) is 18.6 Å². The summed E-state index contributed by atoms with van der Waals surface area (Å²) in [6, 6.07) is 3.53. The Morgan fingerprint density at radius 3 is 3.00 bits per heavy atom. The first-order valence-corrected chi connectivity index (χ1v) is 6.35. The standard InChI is InChI=1S/C13H15N3O3/c17-8-13(19)15-5-3-10-11(15)6-12(18)16(10)9-2-1-4-14-7-9/h1-2,4,7,10-11,17H,3,5-6,8H2/t10-,11-/m1/s1. The van der Waals surface area contributed by atoms with Gasteiger partial charge in [0.1, 0.15) is 6.61 Å². The number of aliphatic hydroxyl groups excluding tert-OH is 1. The van der Waals surface area contributed by atoms with Crippen LogP contribution in [0.4, 0.5) is 5.69 Å². The molecule has 2 aliphatic rings. The monoisotopic (exact) mass is 261 g/mol. The Balaban J connectivity index is 1.87. The summed E-state index contributed by atoms with van der Waals surface area (Å²) in [5, 5.41) is 8.96. The van der Waals surface area contributed by atoms with E-state index in [1.165, 1.54) is 0 Å². The predicted octanol–water partition coefficient (Wildman–Crippen LogP) is -0.220. The topological polar surface area (TPSA) is 73.7 Å². The van der Waals surface area contributed by atoms with Gasteiger partial charge in [-0.25, -0.2) is 0 Å². The van der Waals surface area contributed by atoms with Crippen molar-refractivity contribution in [2.45, 2.75) is 24.9 Å². The molecule has 1 N–H and O–H groups in total. The Hall–Kier alpha value is -1.95. The first-order valence-electron chi connectivity index (χ1n) is 6.35. The molecule has 0 unspecified atom stereocenters. The van der Waals surface area contributed by atoms with Crippen LogP contribution in [0.3, 0.4) is 0 Å². The number of fused-ring (bicyclic) bond motifs is 1. The van der Waals surface area contributed by atoms with E-state index in [-0.39, 0.29) is 23.9 Å². The molecule has 2 atom stereocenters. The molecule has 2 fully saturated rings. The molecule has 0 radical (unpaired) electrons. The van der Waals surface area contributed by atoms with Gasteiger partial charge < -0.3 is 14.9 Å². The fourth-order valence-electron chi connectivity index (χ4n) is 3.08. The van der Waals surface area contributed by atoms with E-state index in [2.05, 4.69) is 4.98 Å². The summed E-state index contributed by atoms with van der Waals surface area (Å²) in [4.78, 5) is 31.2. The van der Waals surface area contributed by atoms with E-state index >= 15 is 0 Å². The van der Waals surface area contributed by atoms with E-state index in [1.54, 1.807) is 28.3 Å². The molecule has 19 heavy (non-hydrogen) atoms. The zero-order valence-corrected chi connectivity index (χ0v) is 10.4. The van der Waals surface area contributed by atoms with Gasteiger partial charge in [0, 0.05) is 19.2 Å². The van der Waals surface area contributed by atoms with Gasteiger partial charge in [0.05, 0.1) is 24.0 Å². The molecule has 0 saturated carbocycles. The molecule has 2 amide bonds. The fourth-order valence-corrected chi connectivity index (χ4v) is 3.08. The number of likely N-dealkylation sites (tertiary alicyclic amines) is 1. The lowest BCUT2D eigenvalue weighted by Gasteiger charge is -2.24. The second-order valence-corrected chi connectivity index (χ2v) is 4.85. The van der Waals surface area contributed by atoms with E-state index in [1.807, 2.05) is 6.07 Å². The van der Waals surface area contributed by atoms with Crippen molar-refractivity contribution in [3.05, 3.63) is 24.5 Å². The van der Waals surface area contributed by atoms with Crippen molar-refractivity contribution in [3.63, 3.8) is 0 Å². The molecule has 6 heteroatoms. The Morgan fingerprint density at radius 1 is 1.47 bits per heavy atom. The molecular formula is C13H15N3O3. The number of amides is 2. The molecule has 0 aromatic carbocycles. The van der Waals surface area contributed by atoms with Gasteiger partial charge in [0.15, 0.2) is 0 Å². The van der Waals surface area contributed by atoms with Crippen LogP contribution in [0, 0.1) is 0 Å². The van der Waals surface area contributed by atoms with Gasteiger partial charge in [0.25, 0.3) is 0 Å². The molecule has 100 valence electrons. The van der Waals surface area contributed by atoms with E-state index in [4.69, 9.17) is 5.11 Å². The Kier molecular flexibility index (Phi) is 2.94. The summed E-state index contributed by atoms with van der Waals surface area (Å²) >= 11 is 0. The average Bonchev–Trinajstić information content (AvgIpc) is 2.96. The SMILES string of the molecule is O=C(CO)N1CC[C@@H]2[C@H]1CC(=O)N2c1cccnc1. The lowest BCUT2D eigenvalue weighted by atomic mass is 10.1. The van der Waals surface area contributed by atoms with Crippen LogP contribution in [-0.4, -0.2) is 52.0 Å². The summed E-state index contributed by atoms with van der Waals surface area (Å²) in [7, 11) is 0. The fraction of sp³-hybridized carbons (Fsp3) is 0.462. The normalized spacial score (nSPS) is 25.8. The highest BCUT2D eigenvalue weighted by Crippen LogP contribution is 2.35. The quantitative estimate of drug-likeness (QED) is 0.798. The number of carbonyl (C=O) groups is 2. The van der Waals surface area contributed by atoms with Crippen molar-refractivity contribution in [1.82, 2.24) is 9.88 Å². The number of pyridine rings is 1. The summed E-state index contributed by atoms with van der Waals surface area (Å²) in [6.07, 6.45) is 4.40. The highest BCUT2D eigenvalue weighted by molar-refractivity contribution is 5.98. The number of aliphatic hydroxyl groups is 1. The summed E-state index contributed by atoms with van der Waals surface area (Å²) in [5.41, 5.74) is 0.776. The molecule has 6 nitrogen and oxygen atoms in total. The third-order valence-corrected chi connectivity index (χ3v) is 3.87. The highest BCUT2D eigenvalue weighted by atomic mass is 16.3. The number of hydrogen-bond donors (Lipinski definition) is 1. The van der Waals surface area contributed by atoms with E-state index in [0.29, 0.717) is 13.0 Å². The van der Waals surface area contributed by atoms with Crippen molar-refractivity contribution in [3.8, 4) is 0 Å². The van der Waals surface area contributed by atoms with Crippen LogP contribution in [0.25, 0.3) is 0 Å². The minimum Gasteiger partial charge on any atom is -0.387 e.